The summed E-state index contributed by atoms with van der Waals surface area (Å²) in [6, 6.07) is 22.2. The standard InChI is InChI=1S/C30H24ClN3O5/c1-17-5-3-7-21(13-17)32-28(35)25-15-19(9-11-26(25)31)27-12-10-23(39-27)16-24-18(2)33-34(29(24)36)22-8-4-6-20(14-22)30(37)38/h3-15,24H,16H2,1-2H3,(H,32,35)(H,37,38). The first kappa shape index (κ1) is 25.9. The predicted molar refractivity (Wildman–Crippen MR) is 149 cm³/mol. The van der Waals surface area contributed by atoms with Crippen LogP contribution in [0.4, 0.5) is 11.4 Å². The second kappa shape index (κ2) is 10.6. The molecule has 0 radical (unpaired) electrons. The highest BCUT2D eigenvalue weighted by Crippen LogP contribution is 2.31. The lowest BCUT2D eigenvalue weighted by atomic mass is 9.99. The zero-order valence-corrected chi connectivity index (χ0v) is 21.9. The topological polar surface area (TPSA) is 112 Å². The number of rotatable bonds is 7. The monoisotopic (exact) mass is 541 g/mol. The number of nitrogens with one attached hydrogen (secondary N) is 1. The minimum absolute atomic E-state index is 0.0715. The van der Waals surface area contributed by atoms with E-state index < -0.39 is 11.9 Å². The molecular weight excluding hydrogens is 518 g/mol. The van der Waals surface area contributed by atoms with Crippen molar-refractivity contribution in [3.05, 3.63) is 106 Å². The first-order chi connectivity index (χ1) is 18.7. The Morgan fingerprint density at radius 2 is 1.82 bits per heavy atom. The van der Waals surface area contributed by atoms with Gasteiger partial charge in [0.2, 0.25) is 0 Å². The summed E-state index contributed by atoms with van der Waals surface area (Å²) in [7, 11) is 0. The SMILES string of the molecule is CC1=NN(c2cccc(C(=O)O)c2)C(=O)C1Cc1ccc(-c2ccc(Cl)c(C(=O)Nc3cccc(C)c3)c2)o1. The van der Waals surface area contributed by atoms with Crippen LogP contribution in [0.25, 0.3) is 11.3 Å². The number of aryl methyl sites for hydroxylation is 1. The number of hydrogen-bond acceptors (Lipinski definition) is 5. The Morgan fingerprint density at radius 3 is 2.59 bits per heavy atom. The van der Waals surface area contributed by atoms with Gasteiger partial charge < -0.3 is 14.8 Å². The van der Waals surface area contributed by atoms with Crippen LogP contribution in [0.1, 0.15) is 39.0 Å². The third kappa shape index (κ3) is 5.46. The summed E-state index contributed by atoms with van der Waals surface area (Å²) in [5.41, 5.74) is 3.72. The van der Waals surface area contributed by atoms with Crippen LogP contribution in [0.5, 0.6) is 0 Å². The number of carbonyl (C=O) groups is 3. The number of halogens is 1. The van der Waals surface area contributed by atoms with Crippen molar-refractivity contribution >= 4 is 46.5 Å². The normalized spacial score (nSPS) is 14.8. The molecule has 2 heterocycles. The number of carbonyl (C=O) groups excluding carboxylic acids is 2. The number of hydrogen-bond donors (Lipinski definition) is 2. The Bertz CT molecular complexity index is 1640. The van der Waals surface area contributed by atoms with Crippen LogP contribution in [0.2, 0.25) is 5.02 Å². The zero-order valence-electron chi connectivity index (χ0n) is 21.1. The summed E-state index contributed by atoms with van der Waals surface area (Å²) in [5, 5.41) is 18.0. The molecule has 2 N–H and O–H groups in total. The molecule has 1 atom stereocenters. The average Bonchev–Trinajstić information content (AvgIpc) is 3.49. The van der Waals surface area contributed by atoms with Crippen LogP contribution in [-0.4, -0.2) is 28.6 Å². The molecule has 1 aromatic heterocycles. The van der Waals surface area contributed by atoms with Crippen LogP contribution in [0, 0.1) is 12.8 Å². The molecule has 0 bridgehead atoms. The molecule has 2 amide bonds. The Kier molecular flexibility index (Phi) is 7.04. The highest BCUT2D eigenvalue weighted by Gasteiger charge is 2.35. The van der Waals surface area contributed by atoms with Crippen LogP contribution < -0.4 is 10.3 Å². The number of anilines is 2. The van der Waals surface area contributed by atoms with Gasteiger partial charge in [0.1, 0.15) is 11.5 Å². The molecule has 9 heteroatoms. The quantitative estimate of drug-likeness (QED) is 0.279. The number of hydrazone groups is 1. The molecule has 196 valence electrons. The minimum atomic E-state index is -1.08. The van der Waals surface area contributed by atoms with Gasteiger partial charge in [0.05, 0.1) is 27.8 Å². The predicted octanol–water partition coefficient (Wildman–Crippen LogP) is 6.44. The summed E-state index contributed by atoms with van der Waals surface area (Å²) in [5.74, 6) is -1.15. The lowest BCUT2D eigenvalue weighted by Crippen LogP contribution is -2.28. The molecule has 8 nitrogen and oxygen atoms in total. The smallest absolute Gasteiger partial charge is 0.335 e. The van der Waals surface area contributed by atoms with Crippen LogP contribution >= 0.6 is 11.6 Å². The number of benzene rings is 3. The number of amides is 2. The van der Waals surface area contributed by atoms with Crippen molar-refractivity contribution in [2.75, 3.05) is 10.3 Å². The van der Waals surface area contributed by atoms with Crippen molar-refractivity contribution in [3.63, 3.8) is 0 Å². The van der Waals surface area contributed by atoms with E-state index in [1.165, 1.54) is 17.1 Å². The fourth-order valence-electron chi connectivity index (χ4n) is 4.41. The molecule has 39 heavy (non-hydrogen) atoms. The number of aromatic carboxylic acids is 1. The third-order valence-electron chi connectivity index (χ3n) is 6.44. The molecule has 1 aliphatic rings. The Morgan fingerprint density at radius 1 is 1.03 bits per heavy atom. The zero-order chi connectivity index (χ0) is 27.7. The maximum absolute atomic E-state index is 13.2. The molecule has 5 rings (SSSR count). The average molecular weight is 542 g/mol. The number of furan rings is 1. The Labute approximate surface area is 229 Å². The van der Waals surface area contributed by atoms with Crippen molar-refractivity contribution < 1.29 is 23.9 Å². The molecule has 1 unspecified atom stereocenters. The second-order valence-corrected chi connectivity index (χ2v) is 9.70. The number of carboxylic acids is 1. The van der Waals surface area contributed by atoms with E-state index in [1.54, 1.807) is 55.5 Å². The van der Waals surface area contributed by atoms with Crippen molar-refractivity contribution in [1.82, 2.24) is 0 Å². The molecule has 1 aliphatic heterocycles. The van der Waals surface area contributed by atoms with Crippen LogP contribution in [-0.2, 0) is 11.2 Å². The van der Waals surface area contributed by atoms with Gasteiger partial charge in [0.25, 0.3) is 11.8 Å². The van der Waals surface area contributed by atoms with Crippen molar-refractivity contribution in [3.8, 4) is 11.3 Å². The van der Waals surface area contributed by atoms with E-state index in [-0.39, 0.29) is 23.8 Å². The number of carboxylic acid groups (broad SMARTS) is 1. The van der Waals surface area contributed by atoms with Crippen molar-refractivity contribution in [2.24, 2.45) is 11.0 Å². The van der Waals surface area contributed by atoms with Gasteiger partial charge in [-0.1, -0.05) is 29.8 Å². The first-order valence-corrected chi connectivity index (χ1v) is 12.6. The van der Waals surface area contributed by atoms with Gasteiger partial charge in [-0.25, -0.2) is 9.80 Å². The molecule has 0 saturated carbocycles. The molecule has 4 aromatic rings. The Hall–Kier alpha value is -4.69. The summed E-state index contributed by atoms with van der Waals surface area (Å²) in [6.45, 7) is 3.70. The van der Waals surface area contributed by atoms with Crippen LogP contribution in [0.3, 0.4) is 0 Å². The van der Waals surface area contributed by atoms with Gasteiger partial charge >= 0.3 is 5.97 Å². The van der Waals surface area contributed by atoms with Crippen molar-refractivity contribution in [2.45, 2.75) is 20.3 Å². The molecule has 0 aliphatic carbocycles. The molecule has 0 saturated heterocycles. The Balaban J connectivity index is 1.32. The number of nitrogens with zero attached hydrogens (tertiary/aromatic N) is 2. The second-order valence-electron chi connectivity index (χ2n) is 9.29. The lowest BCUT2D eigenvalue weighted by Gasteiger charge is -2.14. The first-order valence-electron chi connectivity index (χ1n) is 12.2. The van der Waals surface area contributed by atoms with Gasteiger partial charge in [-0.05, 0) is 80.1 Å². The fraction of sp³-hybridized carbons (Fsp3) is 0.133. The molecular formula is C30H24ClN3O5. The van der Waals surface area contributed by atoms with Gasteiger partial charge in [0.15, 0.2) is 0 Å². The maximum Gasteiger partial charge on any atom is 0.335 e. The summed E-state index contributed by atoms with van der Waals surface area (Å²) < 4.78 is 6.05. The van der Waals surface area contributed by atoms with E-state index in [1.807, 2.05) is 25.1 Å². The van der Waals surface area contributed by atoms with Crippen LogP contribution in [0.15, 0.2) is 88.4 Å². The summed E-state index contributed by atoms with van der Waals surface area (Å²) >= 11 is 6.34. The minimum Gasteiger partial charge on any atom is -0.478 e. The maximum atomic E-state index is 13.2. The summed E-state index contributed by atoms with van der Waals surface area (Å²) in [6.07, 6.45) is 0.275. The van der Waals surface area contributed by atoms with Gasteiger partial charge in [-0.2, -0.15) is 5.10 Å². The van der Waals surface area contributed by atoms with E-state index in [9.17, 15) is 19.5 Å². The van der Waals surface area contributed by atoms with Gasteiger partial charge in [-0.15, -0.1) is 0 Å². The fourth-order valence-corrected chi connectivity index (χ4v) is 4.61. The van der Waals surface area contributed by atoms with E-state index in [2.05, 4.69) is 10.4 Å². The highest BCUT2D eigenvalue weighted by atomic mass is 35.5. The van der Waals surface area contributed by atoms with E-state index >= 15 is 0 Å². The third-order valence-corrected chi connectivity index (χ3v) is 6.77. The molecule has 0 spiro atoms. The van der Waals surface area contributed by atoms with E-state index in [0.717, 1.165) is 5.56 Å². The molecule has 3 aromatic carbocycles. The van der Waals surface area contributed by atoms with Crippen molar-refractivity contribution in [1.29, 1.82) is 0 Å². The lowest BCUT2D eigenvalue weighted by molar-refractivity contribution is -0.119. The molecule has 0 fully saturated rings. The van der Waals surface area contributed by atoms with E-state index in [0.29, 0.717) is 44.8 Å². The highest BCUT2D eigenvalue weighted by molar-refractivity contribution is 6.34. The van der Waals surface area contributed by atoms with Gasteiger partial charge in [0, 0.05) is 23.4 Å². The summed E-state index contributed by atoms with van der Waals surface area (Å²) in [4.78, 5) is 37.4. The van der Waals surface area contributed by atoms with E-state index in [4.69, 9.17) is 16.0 Å². The largest absolute Gasteiger partial charge is 0.478 e. The van der Waals surface area contributed by atoms with Gasteiger partial charge in [-0.3, -0.25) is 9.59 Å².